The molecular weight excluding hydrogens is 334 g/mol. The summed E-state index contributed by atoms with van der Waals surface area (Å²) < 4.78 is 11.8. The van der Waals surface area contributed by atoms with Crippen LogP contribution in [0.4, 0.5) is 5.82 Å². The largest absolute Gasteiger partial charge is 0.497 e. The molecule has 1 aromatic carbocycles. The first-order valence-corrected chi connectivity index (χ1v) is 7.51. The zero-order valence-corrected chi connectivity index (χ0v) is 13.9. The molecule has 0 atom stereocenters. The molecule has 0 fully saturated rings. The van der Waals surface area contributed by atoms with Gasteiger partial charge in [0.15, 0.2) is 0 Å². The fourth-order valence-electron chi connectivity index (χ4n) is 1.75. The standard InChI is InChI=1S/C15H18BrN3O2/c1-4-7-17-14-10(2)15(19-9-18-14)21-13-6-5-11(20-3)8-12(13)16/h5-6,8-9H,4,7H2,1-3H3,(H,17,18,19). The first-order valence-electron chi connectivity index (χ1n) is 6.72. The van der Waals surface area contributed by atoms with E-state index in [1.54, 1.807) is 7.11 Å². The number of methoxy groups -OCH3 is 1. The molecule has 2 rings (SSSR count). The van der Waals surface area contributed by atoms with E-state index >= 15 is 0 Å². The number of nitrogens with zero attached hydrogens (tertiary/aromatic N) is 2. The Kier molecular flexibility index (Phi) is 5.38. The highest BCUT2D eigenvalue weighted by atomic mass is 79.9. The van der Waals surface area contributed by atoms with Crippen molar-refractivity contribution in [2.45, 2.75) is 20.3 Å². The summed E-state index contributed by atoms with van der Waals surface area (Å²) in [7, 11) is 1.63. The Labute approximate surface area is 132 Å². The Bertz CT molecular complexity index is 620. The first-order chi connectivity index (χ1) is 10.2. The predicted octanol–water partition coefficient (Wildman–Crippen LogP) is 4.17. The Morgan fingerprint density at radius 1 is 1.29 bits per heavy atom. The predicted molar refractivity (Wildman–Crippen MR) is 86.3 cm³/mol. The minimum absolute atomic E-state index is 0.537. The average Bonchev–Trinajstić information content (AvgIpc) is 2.50. The van der Waals surface area contributed by atoms with Crippen molar-refractivity contribution in [2.75, 3.05) is 19.0 Å². The minimum Gasteiger partial charge on any atom is -0.497 e. The Morgan fingerprint density at radius 2 is 2.10 bits per heavy atom. The molecule has 5 nitrogen and oxygen atoms in total. The van der Waals surface area contributed by atoms with E-state index in [4.69, 9.17) is 9.47 Å². The van der Waals surface area contributed by atoms with Gasteiger partial charge in [-0.15, -0.1) is 0 Å². The van der Waals surface area contributed by atoms with Gasteiger partial charge in [-0.25, -0.2) is 9.97 Å². The highest BCUT2D eigenvalue weighted by Crippen LogP contribution is 2.33. The molecule has 1 N–H and O–H groups in total. The lowest BCUT2D eigenvalue weighted by atomic mass is 10.3. The van der Waals surface area contributed by atoms with Crippen molar-refractivity contribution in [3.63, 3.8) is 0 Å². The number of halogens is 1. The number of nitrogens with one attached hydrogen (secondary N) is 1. The second-order valence-corrected chi connectivity index (χ2v) is 5.33. The number of hydrogen-bond donors (Lipinski definition) is 1. The molecule has 21 heavy (non-hydrogen) atoms. The van der Waals surface area contributed by atoms with Crippen LogP contribution in [0.15, 0.2) is 29.0 Å². The molecule has 6 heteroatoms. The molecule has 0 aliphatic rings. The Hall–Kier alpha value is -1.82. The molecule has 0 aliphatic heterocycles. The van der Waals surface area contributed by atoms with Crippen molar-refractivity contribution in [1.82, 2.24) is 9.97 Å². The van der Waals surface area contributed by atoms with Gasteiger partial charge in [0.05, 0.1) is 17.1 Å². The molecular formula is C15H18BrN3O2. The van der Waals surface area contributed by atoms with Gasteiger partial charge in [-0.1, -0.05) is 6.92 Å². The molecule has 0 bridgehead atoms. The van der Waals surface area contributed by atoms with Crippen LogP contribution in [-0.2, 0) is 0 Å². The van der Waals surface area contributed by atoms with Crippen LogP contribution in [-0.4, -0.2) is 23.6 Å². The molecule has 0 radical (unpaired) electrons. The number of rotatable bonds is 6. The van der Waals surface area contributed by atoms with Crippen LogP contribution < -0.4 is 14.8 Å². The van der Waals surface area contributed by atoms with Crippen LogP contribution >= 0.6 is 15.9 Å². The van der Waals surface area contributed by atoms with Gasteiger partial charge >= 0.3 is 0 Å². The van der Waals surface area contributed by atoms with Crippen molar-refractivity contribution in [2.24, 2.45) is 0 Å². The summed E-state index contributed by atoms with van der Waals surface area (Å²) in [5.41, 5.74) is 0.883. The smallest absolute Gasteiger partial charge is 0.227 e. The summed E-state index contributed by atoms with van der Waals surface area (Å²) >= 11 is 3.47. The second-order valence-electron chi connectivity index (χ2n) is 4.48. The van der Waals surface area contributed by atoms with E-state index in [1.807, 2.05) is 25.1 Å². The highest BCUT2D eigenvalue weighted by Gasteiger charge is 2.11. The van der Waals surface area contributed by atoms with Gasteiger partial charge in [0.2, 0.25) is 5.88 Å². The normalized spacial score (nSPS) is 10.3. The van der Waals surface area contributed by atoms with Crippen molar-refractivity contribution in [1.29, 1.82) is 0 Å². The van der Waals surface area contributed by atoms with E-state index in [0.29, 0.717) is 11.6 Å². The minimum atomic E-state index is 0.537. The highest BCUT2D eigenvalue weighted by molar-refractivity contribution is 9.10. The van der Waals surface area contributed by atoms with Crippen molar-refractivity contribution < 1.29 is 9.47 Å². The summed E-state index contributed by atoms with van der Waals surface area (Å²) in [6.45, 7) is 4.91. The van der Waals surface area contributed by atoms with Gasteiger partial charge in [-0.3, -0.25) is 0 Å². The number of anilines is 1. The topological polar surface area (TPSA) is 56.3 Å². The molecule has 0 saturated carbocycles. The van der Waals surface area contributed by atoms with Crippen LogP contribution in [0.2, 0.25) is 0 Å². The second kappa shape index (κ2) is 7.26. The van der Waals surface area contributed by atoms with E-state index in [2.05, 4.69) is 38.1 Å². The van der Waals surface area contributed by atoms with E-state index < -0.39 is 0 Å². The lowest BCUT2D eigenvalue weighted by Gasteiger charge is -2.12. The first kappa shape index (κ1) is 15.6. The van der Waals surface area contributed by atoms with Crippen LogP contribution in [0.1, 0.15) is 18.9 Å². The van der Waals surface area contributed by atoms with Crippen molar-refractivity contribution in [3.05, 3.63) is 34.6 Å². The van der Waals surface area contributed by atoms with Crippen molar-refractivity contribution >= 4 is 21.7 Å². The zero-order valence-electron chi connectivity index (χ0n) is 12.3. The maximum absolute atomic E-state index is 5.87. The van der Waals surface area contributed by atoms with Crippen LogP contribution in [0.25, 0.3) is 0 Å². The molecule has 0 aliphatic carbocycles. The Balaban J connectivity index is 2.23. The van der Waals surface area contributed by atoms with Crippen LogP contribution in [0, 0.1) is 6.92 Å². The molecule has 112 valence electrons. The lowest BCUT2D eigenvalue weighted by Crippen LogP contribution is -2.05. The summed E-state index contributed by atoms with van der Waals surface area (Å²) in [6, 6.07) is 5.53. The molecule has 0 unspecified atom stereocenters. The van der Waals surface area contributed by atoms with Gasteiger partial charge < -0.3 is 14.8 Å². The SMILES string of the molecule is CCCNc1ncnc(Oc2ccc(OC)cc2Br)c1C. The third-order valence-electron chi connectivity index (χ3n) is 2.93. The summed E-state index contributed by atoms with van der Waals surface area (Å²) in [5.74, 6) is 2.78. The molecule has 2 aromatic rings. The molecule has 0 spiro atoms. The van der Waals surface area contributed by atoms with Crippen LogP contribution in [0.3, 0.4) is 0 Å². The number of benzene rings is 1. The van der Waals surface area contributed by atoms with Gasteiger partial charge in [0.25, 0.3) is 0 Å². The van der Waals surface area contributed by atoms with E-state index in [-0.39, 0.29) is 0 Å². The van der Waals surface area contributed by atoms with E-state index in [9.17, 15) is 0 Å². The van der Waals surface area contributed by atoms with Gasteiger partial charge in [0, 0.05) is 6.54 Å². The van der Waals surface area contributed by atoms with Gasteiger partial charge in [-0.05, 0) is 47.5 Å². The summed E-state index contributed by atoms with van der Waals surface area (Å²) in [4.78, 5) is 8.43. The fraction of sp³-hybridized carbons (Fsp3) is 0.333. The van der Waals surface area contributed by atoms with Crippen molar-refractivity contribution in [3.8, 4) is 17.4 Å². The maximum Gasteiger partial charge on any atom is 0.227 e. The Morgan fingerprint density at radius 3 is 2.76 bits per heavy atom. The molecule has 0 saturated heterocycles. The molecule has 1 aromatic heterocycles. The molecule has 0 amide bonds. The summed E-state index contributed by atoms with van der Waals surface area (Å²) in [6.07, 6.45) is 2.53. The van der Waals surface area contributed by atoms with Crippen LogP contribution in [0.5, 0.6) is 17.4 Å². The fourth-order valence-corrected chi connectivity index (χ4v) is 2.19. The number of ether oxygens (including phenoxy) is 2. The third-order valence-corrected chi connectivity index (χ3v) is 3.55. The summed E-state index contributed by atoms with van der Waals surface area (Å²) in [5, 5.41) is 3.26. The van der Waals surface area contributed by atoms with Gasteiger partial charge in [0.1, 0.15) is 23.6 Å². The maximum atomic E-state index is 5.87. The van der Waals surface area contributed by atoms with E-state index in [1.165, 1.54) is 6.33 Å². The molecule has 1 heterocycles. The number of aromatic nitrogens is 2. The lowest BCUT2D eigenvalue weighted by molar-refractivity contribution is 0.411. The van der Waals surface area contributed by atoms with Gasteiger partial charge in [-0.2, -0.15) is 0 Å². The monoisotopic (exact) mass is 351 g/mol. The quantitative estimate of drug-likeness (QED) is 0.846. The third kappa shape index (κ3) is 3.85. The number of hydrogen-bond acceptors (Lipinski definition) is 5. The average molecular weight is 352 g/mol. The zero-order chi connectivity index (χ0) is 15.2. The van der Waals surface area contributed by atoms with E-state index in [0.717, 1.165) is 34.6 Å².